The Morgan fingerprint density at radius 2 is 1.68 bits per heavy atom. The van der Waals surface area contributed by atoms with Crippen LogP contribution < -0.4 is 10.2 Å². The Morgan fingerprint density at radius 3 is 2.23 bits per heavy atom. The molecule has 0 saturated heterocycles. The summed E-state index contributed by atoms with van der Waals surface area (Å²) in [6, 6.07) is 10.3. The molecule has 0 aliphatic rings. The first-order chi connectivity index (χ1) is 10.3. The Balaban J connectivity index is 2.38. The third-order valence-electron chi connectivity index (χ3n) is 2.94. The molecule has 0 amide bonds. The van der Waals surface area contributed by atoms with Gasteiger partial charge in [-0.15, -0.1) is 0 Å². The van der Waals surface area contributed by atoms with Crippen molar-refractivity contribution in [3.05, 3.63) is 58.6 Å². The zero-order chi connectivity index (χ0) is 16.3. The molecule has 0 spiro atoms. The van der Waals surface area contributed by atoms with Crippen LogP contribution in [0.15, 0.2) is 42.5 Å². The fraction of sp³-hybridized carbons (Fsp3) is 0.143. The number of alkyl halides is 3. The van der Waals surface area contributed by atoms with Gasteiger partial charge in [-0.3, -0.25) is 0 Å². The molecule has 0 aliphatic heterocycles. The molecule has 22 heavy (non-hydrogen) atoms. The second-order valence-corrected chi connectivity index (χ2v) is 4.87. The fourth-order valence-corrected chi connectivity index (χ4v) is 2.20. The van der Waals surface area contributed by atoms with E-state index in [4.69, 9.17) is 16.3 Å². The highest BCUT2D eigenvalue weighted by Crippen LogP contribution is 2.38. The molecule has 8 heteroatoms. The lowest BCUT2D eigenvalue weighted by atomic mass is 9.79. The van der Waals surface area contributed by atoms with E-state index < -0.39 is 29.6 Å². The molecule has 0 aromatic heterocycles. The molecule has 2 N–H and O–H groups in total. The van der Waals surface area contributed by atoms with E-state index in [0.29, 0.717) is 11.6 Å². The van der Waals surface area contributed by atoms with Gasteiger partial charge in [-0.25, -0.2) is 0 Å². The Labute approximate surface area is 130 Å². The highest BCUT2D eigenvalue weighted by molar-refractivity contribution is 6.60. The number of hydrogen-bond acceptors (Lipinski definition) is 3. The van der Waals surface area contributed by atoms with E-state index >= 15 is 0 Å². The van der Waals surface area contributed by atoms with Crippen LogP contribution in [0.5, 0.6) is 5.75 Å². The third kappa shape index (κ3) is 3.74. The first kappa shape index (κ1) is 16.7. The maximum absolute atomic E-state index is 12.9. The summed E-state index contributed by atoms with van der Waals surface area (Å²) in [6.45, 7) is -0.0540. The van der Waals surface area contributed by atoms with Crippen LogP contribution in [0.4, 0.5) is 13.2 Å². The average molecular weight is 330 g/mol. The van der Waals surface area contributed by atoms with E-state index in [1.807, 2.05) is 0 Å². The van der Waals surface area contributed by atoms with Gasteiger partial charge in [0.2, 0.25) is 0 Å². The number of halogens is 4. The van der Waals surface area contributed by atoms with E-state index in [2.05, 4.69) is 0 Å². The van der Waals surface area contributed by atoms with E-state index in [-0.39, 0.29) is 12.1 Å². The van der Waals surface area contributed by atoms with Gasteiger partial charge in [0.25, 0.3) is 0 Å². The maximum Gasteiger partial charge on any atom is 0.492 e. The first-order valence-corrected chi connectivity index (χ1v) is 6.61. The Morgan fingerprint density at radius 1 is 1.05 bits per heavy atom. The minimum atomic E-state index is -4.67. The zero-order valence-corrected chi connectivity index (χ0v) is 11.9. The van der Waals surface area contributed by atoms with Crippen molar-refractivity contribution < 1.29 is 28.0 Å². The van der Waals surface area contributed by atoms with Crippen LogP contribution in [0.3, 0.4) is 0 Å². The fourth-order valence-electron chi connectivity index (χ4n) is 1.87. The summed E-state index contributed by atoms with van der Waals surface area (Å²) in [5, 5.41) is 17.8. The quantitative estimate of drug-likeness (QED) is 0.847. The van der Waals surface area contributed by atoms with Crippen molar-refractivity contribution in [1.82, 2.24) is 0 Å². The number of hydrogen-bond donors (Lipinski definition) is 2. The van der Waals surface area contributed by atoms with Gasteiger partial charge in [0.1, 0.15) is 12.4 Å². The maximum atomic E-state index is 12.9. The molecule has 0 radical (unpaired) electrons. The molecule has 0 aliphatic carbocycles. The predicted octanol–water partition coefficient (Wildman–Crippen LogP) is 2.62. The summed E-state index contributed by atoms with van der Waals surface area (Å²) in [4.78, 5) is 0. The van der Waals surface area contributed by atoms with E-state index in [1.54, 1.807) is 30.3 Å². The molecule has 0 unspecified atom stereocenters. The summed E-state index contributed by atoms with van der Waals surface area (Å²) < 4.78 is 43.9. The van der Waals surface area contributed by atoms with Crippen LogP contribution in [0.25, 0.3) is 0 Å². The van der Waals surface area contributed by atoms with Gasteiger partial charge in [0.15, 0.2) is 0 Å². The normalized spacial score (nSPS) is 11.4. The summed E-state index contributed by atoms with van der Waals surface area (Å²) >= 11 is 5.74. The van der Waals surface area contributed by atoms with Crippen molar-refractivity contribution in [3.63, 3.8) is 0 Å². The topological polar surface area (TPSA) is 49.7 Å². The lowest BCUT2D eigenvalue weighted by Gasteiger charge is -2.17. The summed E-state index contributed by atoms with van der Waals surface area (Å²) in [6.07, 6.45) is -4.67. The van der Waals surface area contributed by atoms with E-state index in [0.717, 1.165) is 6.07 Å². The van der Waals surface area contributed by atoms with Crippen molar-refractivity contribution in [2.24, 2.45) is 0 Å². The third-order valence-corrected chi connectivity index (χ3v) is 3.31. The Bertz CT molecular complexity index is 648. The number of rotatable bonds is 4. The summed E-state index contributed by atoms with van der Waals surface area (Å²) in [7, 11) is -1.99. The minimum Gasteiger partial charge on any atom is -0.488 e. The van der Waals surface area contributed by atoms with Gasteiger partial charge in [-0.1, -0.05) is 48.0 Å². The lowest BCUT2D eigenvalue weighted by Crippen LogP contribution is -2.32. The SMILES string of the molecule is OB(O)c1ccc(C(F)(F)F)c(Cl)c1OCc1ccccc1. The molecule has 0 saturated carbocycles. The first-order valence-electron chi connectivity index (χ1n) is 6.23. The average Bonchev–Trinajstić information content (AvgIpc) is 2.45. The standard InChI is InChI=1S/C14H11BClF3O3/c16-12-10(14(17,18)19)6-7-11(15(20)21)13(12)22-8-9-4-2-1-3-5-9/h1-7,20-21H,8H2. The van der Waals surface area contributed by atoms with Crippen molar-refractivity contribution in [3.8, 4) is 5.75 Å². The molecule has 0 fully saturated rings. The Hall–Kier alpha value is -1.70. The zero-order valence-electron chi connectivity index (χ0n) is 11.1. The summed E-state index contributed by atoms with van der Waals surface area (Å²) in [5.74, 6) is -0.393. The van der Waals surface area contributed by atoms with Crippen LogP contribution in [-0.4, -0.2) is 17.2 Å². The van der Waals surface area contributed by atoms with Gasteiger partial charge >= 0.3 is 13.3 Å². The lowest BCUT2D eigenvalue weighted by molar-refractivity contribution is -0.137. The highest BCUT2D eigenvalue weighted by atomic mass is 35.5. The van der Waals surface area contributed by atoms with Gasteiger partial charge in [0.05, 0.1) is 10.6 Å². The van der Waals surface area contributed by atoms with Crippen molar-refractivity contribution in [1.29, 1.82) is 0 Å². The van der Waals surface area contributed by atoms with E-state index in [9.17, 15) is 23.2 Å². The van der Waals surface area contributed by atoms with Gasteiger partial charge in [-0.05, 0) is 11.6 Å². The molecular formula is C14H11BClF3O3. The molecule has 2 rings (SSSR count). The van der Waals surface area contributed by atoms with Crippen LogP contribution >= 0.6 is 11.6 Å². The van der Waals surface area contributed by atoms with Crippen molar-refractivity contribution in [2.45, 2.75) is 12.8 Å². The second-order valence-electron chi connectivity index (χ2n) is 4.49. The summed E-state index contributed by atoms with van der Waals surface area (Å²) in [5.41, 5.74) is -0.620. The monoisotopic (exact) mass is 330 g/mol. The Kier molecular flexibility index (Phi) is 5.00. The van der Waals surface area contributed by atoms with Crippen molar-refractivity contribution >= 4 is 24.2 Å². The molecule has 0 bridgehead atoms. The van der Waals surface area contributed by atoms with Crippen LogP contribution in [-0.2, 0) is 12.8 Å². The van der Waals surface area contributed by atoms with E-state index in [1.165, 1.54) is 0 Å². The van der Waals surface area contributed by atoms with Crippen LogP contribution in [0, 0.1) is 0 Å². The van der Waals surface area contributed by atoms with Crippen molar-refractivity contribution in [2.75, 3.05) is 0 Å². The number of benzene rings is 2. The molecule has 116 valence electrons. The van der Waals surface area contributed by atoms with Gasteiger partial charge in [0, 0.05) is 5.46 Å². The molecule has 0 atom stereocenters. The smallest absolute Gasteiger partial charge is 0.488 e. The van der Waals surface area contributed by atoms with Gasteiger partial charge in [-0.2, -0.15) is 13.2 Å². The minimum absolute atomic E-state index is 0.0540. The molecule has 0 heterocycles. The molecular weight excluding hydrogens is 319 g/mol. The second kappa shape index (κ2) is 6.60. The highest BCUT2D eigenvalue weighted by Gasteiger charge is 2.36. The number of ether oxygens (including phenoxy) is 1. The molecule has 2 aromatic rings. The molecule has 2 aromatic carbocycles. The van der Waals surface area contributed by atoms with Crippen LogP contribution in [0.2, 0.25) is 5.02 Å². The van der Waals surface area contributed by atoms with Gasteiger partial charge < -0.3 is 14.8 Å². The van der Waals surface area contributed by atoms with Crippen LogP contribution in [0.1, 0.15) is 11.1 Å². The predicted molar refractivity (Wildman–Crippen MR) is 77.1 cm³/mol. The largest absolute Gasteiger partial charge is 0.492 e. The molecule has 3 nitrogen and oxygen atoms in total.